The van der Waals surface area contributed by atoms with Crippen molar-refractivity contribution in [1.29, 1.82) is 0 Å². The van der Waals surface area contributed by atoms with E-state index in [-0.39, 0.29) is 17.0 Å². The molecule has 0 unspecified atom stereocenters. The van der Waals surface area contributed by atoms with Crippen LogP contribution in [-0.2, 0) is 4.79 Å². The Morgan fingerprint density at radius 2 is 1.76 bits per heavy atom. The van der Waals surface area contributed by atoms with Gasteiger partial charge < -0.3 is 15.5 Å². The molecule has 1 spiro atoms. The molecule has 0 bridgehead atoms. The number of nitro benzene ring substituents is 1. The molecule has 9 heteroatoms. The van der Waals surface area contributed by atoms with Crippen LogP contribution in [-0.4, -0.2) is 40.4 Å². The van der Waals surface area contributed by atoms with Crippen LogP contribution in [0.4, 0.5) is 23.1 Å². The van der Waals surface area contributed by atoms with Crippen LogP contribution in [0.5, 0.6) is 0 Å². The molecule has 33 heavy (non-hydrogen) atoms. The van der Waals surface area contributed by atoms with Crippen molar-refractivity contribution >= 4 is 29.0 Å². The number of hydrogen-bond donors (Lipinski definition) is 2. The summed E-state index contributed by atoms with van der Waals surface area (Å²) in [5.74, 6) is 1.40. The Bertz CT molecular complexity index is 1170. The quantitative estimate of drug-likeness (QED) is 0.453. The number of nitro groups is 1. The number of hydrogen-bond acceptors (Lipinski definition) is 7. The molecule has 0 atom stereocenters. The number of amides is 1. The van der Waals surface area contributed by atoms with E-state index in [0.29, 0.717) is 11.6 Å². The van der Waals surface area contributed by atoms with Gasteiger partial charge in [0, 0.05) is 49.2 Å². The summed E-state index contributed by atoms with van der Waals surface area (Å²) in [6.07, 6.45) is 4.28. The molecule has 1 amide bonds. The molecule has 168 valence electrons. The number of carbonyl (C=O) groups excluding carboxylic acids is 1. The SMILES string of the molecule is O=C1NCCC12CCN(c1nc(Nc3ccc([N+](=O)[O-])cc3)ncc1-c1ccccc1)CC2. The van der Waals surface area contributed by atoms with Crippen LogP contribution in [0.1, 0.15) is 19.3 Å². The maximum atomic E-state index is 12.4. The van der Waals surface area contributed by atoms with Crippen LogP contribution in [0.2, 0.25) is 0 Å². The van der Waals surface area contributed by atoms with Gasteiger partial charge in [-0.1, -0.05) is 30.3 Å². The van der Waals surface area contributed by atoms with Crippen molar-refractivity contribution < 1.29 is 9.72 Å². The van der Waals surface area contributed by atoms with Gasteiger partial charge in [-0.2, -0.15) is 4.98 Å². The van der Waals surface area contributed by atoms with Crippen molar-refractivity contribution in [3.05, 3.63) is 70.9 Å². The Morgan fingerprint density at radius 1 is 1.03 bits per heavy atom. The molecule has 0 radical (unpaired) electrons. The molecule has 9 nitrogen and oxygen atoms in total. The summed E-state index contributed by atoms with van der Waals surface area (Å²) in [5.41, 5.74) is 2.39. The van der Waals surface area contributed by atoms with E-state index in [1.807, 2.05) is 30.3 Å². The van der Waals surface area contributed by atoms with Crippen LogP contribution in [0.15, 0.2) is 60.8 Å². The van der Waals surface area contributed by atoms with Gasteiger partial charge >= 0.3 is 0 Å². The third-order valence-electron chi connectivity index (χ3n) is 6.58. The maximum absolute atomic E-state index is 12.4. The summed E-state index contributed by atoms with van der Waals surface area (Å²) in [6.45, 7) is 2.23. The fraction of sp³-hybridized carbons (Fsp3) is 0.292. The zero-order valence-corrected chi connectivity index (χ0v) is 18.0. The van der Waals surface area contributed by atoms with E-state index in [4.69, 9.17) is 4.98 Å². The fourth-order valence-electron chi connectivity index (χ4n) is 4.63. The Morgan fingerprint density at radius 3 is 2.39 bits per heavy atom. The van der Waals surface area contributed by atoms with Gasteiger partial charge in [0.1, 0.15) is 5.82 Å². The number of nitrogens with zero attached hydrogens (tertiary/aromatic N) is 4. The first kappa shape index (κ1) is 20.9. The molecule has 2 aliphatic heterocycles. The summed E-state index contributed by atoms with van der Waals surface area (Å²) >= 11 is 0. The lowest BCUT2D eigenvalue weighted by Crippen LogP contribution is -2.44. The van der Waals surface area contributed by atoms with E-state index < -0.39 is 4.92 Å². The number of piperidine rings is 1. The second kappa shape index (κ2) is 8.50. The normalized spacial score (nSPS) is 17.1. The fourth-order valence-corrected chi connectivity index (χ4v) is 4.63. The van der Waals surface area contributed by atoms with Gasteiger partial charge in [-0.25, -0.2) is 4.98 Å². The zero-order chi connectivity index (χ0) is 22.8. The van der Waals surface area contributed by atoms with Gasteiger partial charge in [-0.05, 0) is 37.0 Å². The van der Waals surface area contributed by atoms with E-state index in [9.17, 15) is 14.9 Å². The molecular formula is C24H24N6O3. The van der Waals surface area contributed by atoms with Crippen LogP contribution in [0.3, 0.4) is 0 Å². The van der Waals surface area contributed by atoms with E-state index in [1.165, 1.54) is 12.1 Å². The average molecular weight is 444 g/mol. The van der Waals surface area contributed by atoms with Crippen LogP contribution < -0.4 is 15.5 Å². The van der Waals surface area contributed by atoms with Gasteiger partial charge in [-0.3, -0.25) is 14.9 Å². The third-order valence-corrected chi connectivity index (χ3v) is 6.58. The topological polar surface area (TPSA) is 113 Å². The Hall–Kier alpha value is -4.01. The second-order valence-electron chi connectivity index (χ2n) is 8.50. The molecule has 2 fully saturated rings. The first-order chi connectivity index (χ1) is 16.0. The highest BCUT2D eigenvalue weighted by molar-refractivity contribution is 5.85. The van der Waals surface area contributed by atoms with Crippen molar-refractivity contribution in [2.24, 2.45) is 5.41 Å². The number of carbonyl (C=O) groups is 1. The van der Waals surface area contributed by atoms with E-state index >= 15 is 0 Å². The molecule has 2 aromatic carbocycles. The lowest BCUT2D eigenvalue weighted by Gasteiger charge is -2.38. The smallest absolute Gasteiger partial charge is 0.269 e. The van der Waals surface area contributed by atoms with Crippen molar-refractivity contribution in [3.8, 4) is 11.1 Å². The highest BCUT2D eigenvalue weighted by Crippen LogP contribution is 2.40. The molecule has 5 rings (SSSR count). The van der Waals surface area contributed by atoms with E-state index in [1.54, 1.807) is 18.3 Å². The van der Waals surface area contributed by atoms with Gasteiger partial charge in [0.15, 0.2) is 0 Å². The molecule has 0 saturated carbocycles. The van der Waals surface area contributed by atoms with Gasteiger partial charge in [0.05, 0.1) is 10.3 Å². The summed E-state index contributed by atoms with van der Waals surface area (Å²) in [5, 5.41) is 17.0. The van der Waals surface area contributed by atoms with Crippen molar-refractivity contribution in [3.63, 3.8) is 0 Å². The third kappa shape index (κ3) is 4.09. The van der Waals surface area contributed by atoms with Gasteiger partial charge in [0.25, 0.3) is 5.69 Å². The number of benzene rings is 2. The largest absolute Gasteiger partial charge is 0.356 e. The predicted octanol–water partition coefficient (Wildman–Crippen LogP) is 3.90. The molecule has 2 aliphatic rings. The summed E-state index contributed by atoms with van der Waals surface area (Å²) in [7, 11) is 0. The molecule has 3 heterocycles. The van der Waals surface area contributed by atoms with Crippen LogP contribution in [0.25, 0.3) is 11.1 Å². The highest BCUT2D eigenvalue weighted by atomic mass is 16.6. The zero-order valence-electron chi connectivity index (χ0n) is 18.0. The van der Waals surface area contributed by atoms with E-state index in [0.717, 1.165) is 55.8 Å². The Labute approximate surface area is 191 Å². The van der Waals surface area contributed by atoms with E-state index in [2.05, 4.69) is 20.5 Å². The lowest BCUT2D eigenvalue weighted by molar-refractivity contribution is -0.384. The summed E-state index contributed by atoms with van der Waals surface area (Å²) in [4.78, 5) is 34.4. The van der Waals surface area contributed by atoms with Crippen molar-refractivity contribution in [2.75, 3.05) is 29.9 Å². The summed E-state index contributed by atoms with van der Waals surface area (Å²) < 4.78 is 0. The molecule has 1 aromatic heterocycles. The minimum atomic E-state index is -0.430. The van der Waals surface area contributed by atoms with Crippen LogP contribution >= 0.6 is 0 Å². The average Bonchev–Trinajstić information content (AvgIpc) is 3.19. The second-order valence-corrected chi connectivity index (χ2v) is 8.50. The number of aromatic nitrogens is 2. The number of non-ortho nitro benzene ring substituents is 1. The lowest BCUT2D eigenvalue weighted by atomic mass is 9.77. The highest BCUT2D eigenvalue weighted by Gasteiger charge is 2.44. The number of rotatable bonds is 5. The first-order valence-electron chi connectivity index (χ1n) is 11.0. The minimum Gasteiger partial charge on any atom is -0.356 e. The standard InChI is InChI=1S/C24H24N6O3/c31-22-24(10-13-25-22)11-14-29(15-12-24)21-20(17-4-2-1-3-5-17)16-26-23(28-21)27-18-6-8-19(9-7-18)30(32)33/h1-9,16H,10-15H2,(H,25,31)(H,26,27,28). The molecule has 3 aromatic rings. The number of nitrogens with one attached hydrogen (secondary N) is 2. The molecule has 0 aliphatic carbocycles. The first-order valence-corrected chi connectivity index (χ1v) is 11.0. The predicted molar refractivity (Wildman–Crippen MR) is 125 cm³/mol. The summed E-state index contributed by atoms with van der Waals surface area (Å²) in [6, 6.07) is 16.1. The van der Waals surface area contributed by atoms with Gasteiger partial charge in [0.2, 0.25) is 11.9 Å². The minimum absolute atomic E-state index is 0.0276. The Balaban J connectivity index is 1.44. The molecule has 2 N–H and O–H groups in total. The number of anilines is 3. The monoisotopic (exact) mass is 444 g/mol. The van der Waals surface area contributed by atoms with Crippen molar-refractivity contribution in [1.82, 2.24) is 15.3 Å². The van der Waals surface area contributed by atoms with Crippen LogP contribution in [0, 0.1) is 15.5 Å². The molecular weight excluding hydrogens is 420 g/mol. The molecule has 2 saturated heterocycles. The van der Waals surface area contributed by atoms with Crippen molar-refractivity contribution in [2.45, 2.75) is 19.3 Å². The maximum Gasteiger partial charge on any atom is 0.269 e. The van der Waals surface area contributed by atoms with Gasteiger partial charge in [-0.15, -0.1) is 0 Å². The Kier molecular flexibility index (Phi) is 5.37.